The highest BCUT2D eigenvalue weighted by Gasteiger charge is 2.24. The minimum Gasteiger partial charge on any atom is -0.466 e. The third-order valence-electron chi connectivity index (χ3n) is 2.72. The number of carbonyl (C=O) groups is 2. The Labute approximate surface area is 136 Å². The Balaban J connectivity index is 2.00. The van der Waals surface area contributed by atoms with Crippen molar-refractivity contribution >= 4 is 35.0 Å². The van der Waals surface area contributed by atoms with Crippen LogP contribution in [-0.2, 0) is 20.7 Å². The van der Waals surface area contributed by atoms with Crippen LogP contribution < -0.4 is 5.32 Å². The normalized spacial score (nSPS) is 17.5. The van der Waals surface area contributed by atoms with Crippen molar-refractivity contribution in [1.82, 2.24) is 5.32 Å². The van der Waals surface area contributed by atoms with Gasteiger partial charge in [0.05, 0.1) is 30.7 Å². The van der Waals surface area contributed by atoms with Crippen LogP contribution in [0.15, 0.2) is 45.4 Å². The van der Waals surface area contributed by atoms with Crippen molar-refractivity contribution in [3.05, 3.63) is 46.4 Å². The van der Waals surface area contributed by atoms with E-state index in [1.165, 1.54) is 13.3 Å². The summed E-state index contributed by atoms with van der Waals surface area (Å²) in [4.78, 5) is 22.9. The van der Waals surface area contributed by atoms with Crippen molar-refractivity contribution in [3.63, 3.8) is 0 Å². The van der Waals surface area contributed by atoms with Gasteiger partial charge in [-0.15, -0.1) is 5.10 Å². The number of amidine groups is 1. The predicted molar refractivity (Wildman–Crippen MR) is 86.6 cm³/mol. The smallest absolute Gasteiger partial charge is 0.331 e. The average molecular weight is 328 g/mol. The van der Waals surface area contributed by atoms with E-state index in [4.69, 9.17) is 5.26 Å². The molecule has 7 nitrogen and oxygen atoms in total. The highest BCUT2D eigenvalue weighted by Crippen LogP contribution is 2.23. The van der Waals surface area contributed by atoms with Crippen molar-refractivity contribution in [2.75, 3.05) is 7.11 Å². The summed E-state index contributed by atoms with van der Waals surface area (Å²) in [5.41, 5.74) is 1.74. The van der Waals surface area contributed by atoms with E-state index in [0.29, 0.717) is 6.42 Å². The first-order valence-corrected chi connectivity index (χ1v) is 7.30. The molecule has 0 bridgehead atoms. The highest BCUT2D eigenvalue weighted by atomic mass is 32.2. The Kier molecular flexibility index (Phi) is 5.66. The molecular formula is C15H12N4O3S. The summed E-state index contributed by atoms with van der Waals surface area (Å²) in [5.74, 6) is -1.03. The first-order valence-electron chi connectivity index (χ1n) is 6.48. The van der Waals surface area contributed by atoms with Gasteiger partial charge in [-0.25, -0.2) is 4.79 Å². The zero-order chi connectivity index (χ0) is 16.7. The molecule has 8 heteroatoms. The van der Waals surface area contributed by atoms with E-state index in [9.17, 15) is 9.59 Å². The van der Waals surface area contributed by atoms with Gasteiger partial charge in [-0.05, 0) is 22.9 Å². The third-order valence-corrected chi connectivity index (χ3v) is 3.62. The molecule has 0 spiro atoms. The van der Waals surface area contributed by atoms with Gasteiger partial charge in [0.25, 0.3) is 5.91 Å². The van der Waals surface area contributed by atoms with Crippen molar-refractivity contribution in [1.29, 1.82) is 5.26 Å². The van der Waals surface area contributed by atoms with E-state index in [2.05, 4.69) is 26.3 Å². The fraction of sp³-hybridized carbons (Fsp3) is 0.133. The van der Waals surface area contributed by atoms with Crippen molar-refractivity contribution in [3.8, 4) is 6.07 Å². The van der Waals surface area contributed by atoms with Gasteiger partial charge in [0.1, 0.15) is 0 Å². The molecule has 0 atom stereocenters. The fourth-order valence-electron chi connectivity index (χ4n) is 1.60. The first-order chi connectivity index (χ1) is 11.1. The number of nitriles is 1. The van der Waals surface area contributed by atoms with Crippen LogP contribution in [0.3, 0.4) is 0 Å². The van der Waals surface area contributed by atoms with Crippen LogP contribution >= 0.6 is 11.8 Å². The molecule has 1 aromatic rings. The minimum absolute atomic E-state index is 0.201. The number of esters is 1. The molecule has 1 aromatic carbocycles. The number of methoxy groups -OCH3 is 1. The number of nitrogens with zero attached hydrogens (tertiary/aromatic N) is 3. The van der Waals surface area contributed by atoms with Gasteiger partial charge in [-0.3, -0.25) is 10.1 Å². The van der Waals surface area contributed by atoms with Crippen LogP contribution in [0.25, 0.3) is 0 Å². The van der Waals surface area contributed by atoms with Crippen LogP contribution in [0.4, 0.5) is 0 Å². The van der Waals surface area contributed by atoms with Crippen molar-refractivity contribution in [2.45, 2.75) is 6.42 Å². The number of benzene rings is 1. The van der Waals surface area contributed by atoms with Crippen LogP contribution in [0.1, 0.15) is 11.1 Å². The minimum atomic E-state index is -0.607. The quantitative estimate of drug-likeness (QED) is 0.389. The third kappa shape index (κ3) is 4.79. The summed E-state index contributed by atoms with van der Waals surface area (Å²) in [6, 6.07) is 9.38. The molecular weight excluding hydrogens is 316 g/mol. The van der Waals surface area contributed by atoms with Gasteiger partial charge in [0, 0.05) is 6.08 Å². The molecule has 1 aliphatic rings. The zero-order valence-corrected chi connectivity index (χ0v) is 13.0. The summed E-state index contributed by atoms with van der Waals surface area (Å²) in [7, 11) is 1.23. The number of hydrogen-bond acceptors (Lipinski definition) is 7. The second kappa shape index (κ2) is 7.91. The highest BCUT2D eigenvalue weighted by molar-refractivity contribution is 8.18. The van der Waals surface area contributed by atoms with Crippen molar-refractivity contribution in [2.24, 2.45) is 10.2 Å². The molecule has 0 radical (unpaired) electrons. The molecule has 1 N–H and O–H groups in total. The number of thioether (sulfide) groups is 1. The second-order valence-corrected chi connectivity index (χ2v) is 5.34. The molecule has 0 unspecified atom stereocenters. The standard InChI is InChI=1S/C15H12N4O3S/c1-22-13(20)8-12-14(21)18-15(23-12)19-17-9-11-4-2-10(3-5-11)6-7-16/h2-5,8-9H,6H2,1H3,(H,18,19,21)/b12-8+,17-9?. The molecule has 1 aliphatic heterocycles. The lowest BCUT2D eigenvalue weighted by molar-refractivity contribution is -0.135. The van der Waals surface area contributed by atoms with Gasteiger partial charge < -0.3 is 4.74 Å². The molecule has 2 rings (SSSR count). The number of amides is 1. The van der Waals surface area contributed by atoms with E-state index in [1.54, 1.807) is 0 Å². The van der Waals surface area contributed by atoms with Crippen LogP contribution in [0.2, 0.25) is 0 Å². The first kappa shape index (κ1) is 16.5. The van der Waals surface area contributed by atoms with E-state index in [1.807, 2.05) is 24.3 Å². The van der Waals surface area contributed by atoms with Crippen LogP contribution in [0, 0.1) is 11.3 Å². The van der Waals surface area contributed by atoms with Gasteiger partial charge in [0.2, 0.25) is 0 Å². The molecule has 1 fully saturated rings. The van der Waals surface area contributed by atoms with Crippen molar-refractivity contribution < 1.29 is 14.3 Å². The molecule has 1 amide bonds. The maximum absolute atomic E-state index is 11.6. The second-order valence-electron chi connectivity index (χ2n) is 4.31. The van der Waals surface area contributed by atoms with Gasteiger partial charge in [0.15, 0.2) is 5.17 Å². The molecule has 0 saturated carbocycles. The summed E-state index contributed by atoms with van der Waals surface area (Å²) in [5, 5.41) is 19.1. The molecule has 23 heavy (non-hydrogen) atoms. The molecule has 0 aliphatic carbocycles. The SMILES string of the molecule is COC(=O)/C=C1/S/C(=N\N=Cc2ccc(CC#N)cc2)NC1=O. The summed E-state index contributed by atoms with van der Waals surface area (Å²) in [6.45, 7) is 0. The topological polar surface area (TPSA) is 104 Å². The number of ether oxygens (including phenoxy) is 1. The van der Waals surface area contributed by atoms with E-state index in [0.717, 1.165) is 29.0 Å². The molecule has 1 saturated heterocycles. The van der Waals surface area contributed by atoms with Gasteiger partial charge >= 0.3 is 5.97 Å². The van der Waals surface area contributed by atoms with E-state index >= 15 is 0 Å². The van der Waals surface area contributed by atoms with Gasteiger partial charge in [-0.1, -0.05) is 24.3 Å². The summed E-state index contributed by atoms with van der Waals surface area (Å²) in [6.07, 6.45) is 2.98. The molecule has 116 valence electrons. The van der Waals surface area contributed by atoms with E-state index in [-0.39, 0.29) is 10.1 Å². The number of hydrogen-bond donors (Lipinski definition) is 1. The molecule has 1 heterocycles. The number of rotatable bonds is 4. The number of carbonyl (C=O) groups excluding carboxylic acids is 2. The lowest BCUT2D eigenvalue weighted by Gasteiger charge is -1.95. The van der Waals surface area contributed by atoms with E-state index < -0.39 is 11.9 Å². The monoisotopic (exact) mass is 328 g/mol. The largest absolute Gasteiger partial charge is 0.466 e. The Morgan fingerprint density at radius 1 is 1.43 bits per heavy atom. The van der Waals surface area contributed by atoms with Gasteiger partial charge in [-0.2, -0.15) is 10.4 Å². The predicted octanol–water partition coefficient (Wildman–Crippen LogP) is 1.36. The Bertz CT molecular complexity index is 745. The Hall–Kier alpha value is -2.92. The summed E-state index contributed by atoms with van der Waals surface area (Å²) < 4.78 is 4.46. The Morgan fingerprint density at radius 2 is 2.17 bits per heavy atom. The zero-order valence-electron chi connectivity index (χ0n) is 12.1. The van der Waals surface area contributed by atoms with Crippen LogP contribution in [-0.4, -0.2) is 30.4 Å². The molecule has 0 aromatic heterocycles. The fourth-order valence-corrected chi connectivity index (χ4v) is 2.34. The average Bonchev–Trinajstić information content (AvgIpc) is 2.89. The maximum Gasteiger partial charge on any atom is 0.331 e. The lowest BCUT2D eigenvalue weighted by atomic mass is 10.1. The Morgan fingerprint density at radius 3 is 2.83 bits per heavy atom. The lowest BCUT2D eigenvalue weighted by Crippen LogP contribution is -2.19. The number of nitrogens with one attached hydrogen (secondary N) is 1. The summed E-state index contributed by atoms with van der Waals surface area (Å²) >= 11 is 1.01. The maximum atomic E-state index is 11.6. The van der Waals surface area contributed by atoms with Crippen LogP contribution in [0.5, 0.6) is 0 Å².